The molecule has 0 fully saturated rings. The van der Waals surface area contributed by atoms with Crippen molar-refractivity contribution >= 4 is 17.7 Å². The number of benzene rings is 2. The average molecular weight is 398 g/mol. The zero-order valence-corrected chi connectivity index (χ0v) is 16.9. The smallest absolute Gasteiger partial charge is 0.233 e. The highest BCUT2D eigenvalue weighted by Crippen LogP contribution is 2.26. The van der Waals surface area contributed by atoms with E-state index >= 15 is 0 Å². The summed E-state index contributed by atoms with van der Waals surface area (Å²) in [4.78, 5) is 17.0. The van der Waals surface area contributed by atoms with E-state index in [-0.39, 0.29) is 11.2 Å². The summed E-state index contributed by atoms with van der Waals surface area (Å²) in [6, 6.07) is 15.4. The van der Waals surface area contributed by atoms with Crippen molar-refractivity contribution in [1.82, 2.24) is 14.9 Å². The second kappa shape index (κ2) is 9.32. The first-order chi connectivity index (χ1) is 13.6. The second-order valence-corrected chi connectivity index (χ2v) is 7.38. The topological polar surface area (TPSA) is 65.4 Å². The third-order valence-electron chi connectivity index (χ3n) is 4.24. The number of aromatic nitrogens is 2. The van der Waals surface area contributed by atoms with E-state index in [2.05, 4.69) is 10.3 Å². The van der Waals surface area contributed by atoms with Crippen LogP contribution < -0.4 is 14.8 Å². The minimum absolute atomic E-state index is 0.0592. The van der Waals surface area contributed by atoms with Gasteiger partial charge in [0.05, 0.1) is 25.2 Å². The van der Waals surface area contributed by atoms with Crippen LogP contribution in [0.15, 0.2) is 66.1 Å². The first-order valence-corrected chi connectivity index (χ1v) is 9.74. The number of nitrogens with one attached hydrogen (secondary N) is 1. The molecule has 2 aromatic carbocycles. The van der Waals surface area contributed by atoms with Gasteiger partial charge in [0.2, 0.25) is 5.91 Å². The summed E-state index contributed by atoms with van der Waals surface area (Å²) in [5.74, 6) is 1.47. The van der Waals surface area contributed by atoms with Crippen molar-refractivity contribution in [2.45, 2.75) is 23.9 Å². The Labute approximate surface area is 168 Å². The second-order valence-electron chi connectivity index (χ2n) is 6.07. The lowest BCUT2D eigenvalue weighted by atomic mass is 10.2. The molecule has 3 rings (SSSR count). The third-order valence-corrected chi connectivity index (χ3v) is 5.32. The average Bonchev–Trinajstić information content (AvgIpc) is 3.20. The van der Waals surface area contributed by atoms with Crippen LogP contribution in [0, 0.1) is 0 Å². The van der Waals surface area contributed by atoms with E-state index in [0.29, 0.717) is 6.54 Å². The number of ether oxygens (including phenoxy) is 2. The number of thioether (sulfide) groups is 1. The summed E-state index contributed by atoms with van der Waals surface area (Å²) in [6.45, 7) is 2.28. The maximum absolute atomic E-state index is 12.6. The molecular formula is C21H23N3O3S. The highest BCUT2D eigenvalue weighted by Gasteiger charge is 2.18. The molecule has 1 unspecified atom stereocenters. The molecule has 1 amide bonds. The number of carbonyl (C=O) groups is 1. The lowest BCUT2D eigenvalue weighted by molar-refractivity contribution is -0.120. The van der Waals surface area contributed by atoms with Crippen LogP contribution in [-0.2, 0) is 11.3 Å². The van der Waals surface area contributed by atoms with Crippen LogP contribution in [0.25, 0.3) is 5.69 Å². The standard InChI is InChI=1S/C21H23N3O3S/c1-15(20(25)23-14-16-7-4-5-10-19(16)27-3)28-21-22-11-12-24(21)17-8-6-9-18(13-17)26-2/h4-13,15H,14H2,1-3H3,(H,23,25). The lowest BCUT2D eigenvalue weighted by Gasteiger charge is -2.14. The summed E-state index contributed by atoms with van der Waals surface area (Å²) in [7, 11) is 3.26. The van der Waals surface area contributed by atoms with Crippen LogP contribution in [0.3, 0.4) is 0 Å². The van der Waals surface area contributed by atoms with Gasteiger partial charge in [0, 0.05) is 30.6 Å². The fourth-order valence-corrected chi connectivity index (χ4v) is 3.63. The van der Waals surface area contributed by atoms with Crippen molar-refractivity contribution in [3.63, 3.8) is 0 Å². The minimum Gasteiger partial charge on any atom is -0.497 e. The maximum atomic E-state index is 12.6. The van der Waals surface area contributed by atoms with Crippen molar-refractivity contribution < 1.29 is 14.3 Å². The summed E-state index contributed by atoms with van der Waals surface area (Å²) in [6.07, 6.45) is 3.60. The first-order valence-electron chi connectivity index (χ1n) is 8.86. The summed E-state index contributed by atoms with van der Waals surface area (Å²) in [5, 5.41) is 3.41. The Bertz CT molecular complexity index is 942. The molecule has 3 aromatic rings. The molecule has 1 atom stereocenters. The molecule has 7 heteroatoms. The van der Waals surface area contributed by atoms with Gasteiger partial charge in [0.1, 0.15) is 11.5 Å². The largest absolute Gasteiger partial charge is 0.497 e. The molecule has 0 aliphatic rings. The van der Waals surface area contributed by atoms with Gasteiger partial charge in [-0.1, -0.05) is 36.0 Å². The highest BCUT2D eigenvalue weighted by atomic mass is 32.2. The molecule has 28 heavy (non-hydrogen) atoms. The van der Waals surface area contributed by atoms with Gasteiger partial charge in [-0.25, -0.2) is 4.98 Å². The number of rotatable bonds is 8. The number of imidazole rings is 1. The normalized spacial score (nSPS) is 11.7. The first kappa shape index (κ1) is 19.8. The van der Waals surface area contributed by atoms with Gasteiger partial charge < -0.3 is 14.8 Å². The van der Waals surface area contributed by atoms with E-state index in [4.69, 9.17) is 9.47 Å². The molecule has 0 aliphatic carbocycles. The van der Waals surface area contributed by atoms with E-state index in [1.165, 1.54) is 11.8 Å². The van der Waals surface area contributed by atoms with Gasteiger partial charge in [0.15, 0.2) is 5.16 Å². The quantitative estimate of drug-likeness (QED) is 0.588. The Kier molecular flexibility index (Phi) is 6.60. The van der Waals surface area contributed by atoms with Crippen LogP contribution in [-0.4, -0.2) is 34.9 Å². The number of amides is 1. The molecule has 146 valence electrons. The molecule has 0 saturated carbocycles. The van der Waals surface area contributed by atoms with Crippen LogP contribution in [0.2, 0.25) is 0 Å². The Morgan fingerprint density at radius 1 is 1.18 bits per heavy atom. The van der Waals surface area contributed by atoms with Crippen molar-refractivity contribution in [3.05, 3.63) is 66.5 Å². The van der Waals surface area contributed by atoms with E-state index < -0.39 is 0 Å². The summed E-state index contributed by atoms with van der Waals surface area (Å²) < 4.78 is 12.6. The molecule has 0 saturated heterocycles. The maximum Gasteiger partial charge on any atom is 0.233 e. The molecule has 0 aliphatic heterocycles. The predicted molar refractivity (Wildman–Crippen MR) is 110 cm³/mol. The Hall–Kier alpha value is -2.93. The summed E-state index contributed by atoms with van der Waals surface area (Å²) >= 11 is 1.41. The van der Waals surface area contributed by atoms with Crippen molar-refractivity contribution in [3.8, 4) is 17.2 Å². The van der Waals surface area contributed by atoms with Gasteiger partial charge in [0.25, 0.3) is 0 Å². The fraction of sp³-hybridized carbons (Fsp3) is 0.238. The Morgan fingerprint density at radius 3 is 2.79 bits per heavy atom. The SMILES string of the molecule is COc1cccc(-n2ccnc2SC(C)C(=O)NCc2ccccc2OC)c1. The number of hydrogen-bond acceptors (Lipinski definition) is 5. The number of hydrogen-bond donors (Lipinski definition) is 1. The predicted octanol–water partition coefficient (Wildman–Crippen LogP) is 3.69. The van der Waals surface area contributed by atoms with E-state index in [1.807, 2.05) is 66.2 Å². The van der Waals surface area contributed by atoms with Gasteiger partial charge in [-0.15, -0.1) is 0 Å². The van der Waals surface area contributed by atoms with Gasteiger partial charge in [-0.3, -0.25) is 9.36 Å². The Balaban J connectivity index is 1.65. The molecule has 1 aromatic heterocycles. The van der Waals surface area contributed by atoms with Crippen molar-refractivity contribution in [1.29, 1.82) is 0 Å². The van der Waals surface area contributed by atoms with Crippen molar-refractivity contribution in [2.75, 3.05) is 14.2 Å². The molecule has 0 radical (unpaired) electrons. The van der Waals surface area contributed by atoms with Gasteiger partial charge >= 0.3 is 0 Å². The Morgan fingerprint density at radius 2 is 2.00 bits per heavy atom. The van der Waals surface area contributed by atoms with Gasteiger partial charge in [-0.05, 0) is 25.1 Å². The zero-order valence-electron chi connectivity index (χ0n) is 16.1. The van der Waals surface area contributed by atoms with Crippen molar-refractivity contribution in [2.24, 2.45) is 0 Å². The van der Waals surface area contributed by atoms with Crippen LogP contribution in [0.1, 0.15) is 12.5 Å². The number of carbonyl (C=O) groups excluding carboxylic acids is 1. The van der Waals surface area contributed by atoms with E-state index in [1.54, 1.807) is 20.4 Å². The van der Waals surface area contributed by atoms with Crippen LogP contribution in [0.4, 0.5) is 0 Å². The molecular weight excluding hydrogens is 374 g/mol. The molecule has 1 N–H and O–H groups in total. The van der Waals surface area contributed by atoms with Crippen LogP contribution >= 0.6 is 11.8 Å². The molecule has 6 nitrogen and oxygen atoms in total. The molecule has 1 heterocycles. The molecule has 0 spiro atoms. The summed E-state index contributed by atoms with van der Waals surface area (Å²) in [5.41, 5.74) is 1.87. The number of nitrogens with zero attached hydrogens (tertiary/aromatic N) is 2. The number of methoxy groups -OCH3 is 2. The third kappa shape index (κ3) is 4.67. The zero-order chi connectivity index (χ0) is 19.9. The molecule has 0 bridgehead atoms. The fourth-order valence-electron chi connectivity index (χ4n) is 2.72. The monoisotopic (exact) mass is 397 g/mol. The number of para-hydroxylation sites is 1. The highest BCUT2D eigenvalue weighted by molar-refractivity contribution is 8.00. The van der Waals surface area contributed by atoms with E-state index in [9.17, 15) is 4.79 Å². The van der Waals surface area contributed by atoms with E-state index in [0.717, 1.165) is 27.9 Å². The van der Waals surface area contributed by atoms with Crippen LogP contribution in [0.5, 0.6) is 11.5 Å². The lowest BCUT2D eigenvalue weighted by Crippen LogP contribution is -2.30. The van der Waals surface area contributed by atoms with Gasteiger partial charge in [-0.2, -0.15) is 0 Å². The minimum atomic E-state index is -0.304.